The zero-order chi connectivity index (χ0) is 65.4. The first kappa shape index (κ1) is 61.4. The number of hydrogen-bond donors (Lipinski definition) is 0. The predicted octanol–water partition coefficient (Wildman–Crippen LogP) is 17.1. The fourth-order valence-electron chi connectivity index (χ4n) is 11.5. The number of hydrogen-bond acceptors (Lipinski definition) is 0. The molecule has 0 aliphatic rings. The summed E-state index contributed by atoms with van der Waals surface area (Å²) >= 11 is 0. The second-order valence-electron chi connectivity index (χ2n) is 24.0. The Morgan fingerprint density at radius 3 is 0.976 bits per heavy atom. The van der Waals surface area contributed by atoms with E-state index in [9.17, 15) is 0 Å². The first-order valence-corrected chi connectivity index (χ1v) is 30.0. The molecule has 5 nitrogen and oxygen atoms in total. The Morgan fingerprint density at radius 1 is 0.247 bits per heavy atom. The van der Waals surface area contributed by atoms with Crippen LogP contribution < -0.4 is 22.8 Å². The van der Waals surface area contributed by atoms with Gasteiger partial charge >= 0.3 is 0 Å². The summed E-state index contributed by atoms with van der Waals surface area (Å²) in [6.07, 6.45) is 0. The fraction of sp³-hybridized carbons (Fsp3) is 0.312. The number of rotatable bonds is 5. The molecule has 0 N–H and O–H groups in total. The van der Waals surface area contributed by atoms with Gasteiger partial charge in [-0.3, -0.25) is 0 Å². The molecular formula is C80H100N5+5. The van der Waals surface area contributed by atoms with Gasteiger partial charge in [-0.25, -0.2) is 0 Å². The Kier molecular flexibility index (Phi) is 20.7. The van der Waals surface area contributed by atoms with Gasteiger partial charge in [-0.2, -0.15) is 22.8 Å². The quantitative estimate of drug-likeness (QED) is 0.153. The van der Waals surface area contributed by atoms with Crippen molar-refractivity contribution in [1.82, 2.24) is 0 Å². The standard InChI is InChI=1S/5C16H20N/c1-11-6-7-12(2)15(10-11)16-13(3)8-9-14(4)17(16)5;2*1-11-9-13(3)17(5)16(10-11)15-8-6-7-12(2)14(15)4;2*1-11-7-6-8-12(2)15(11)16-13(3)9-10-14(4)17(16)5/h5*6-10H,1-5H3/q5*+1/i;2D3;;;. The molecule has 85 heavy (non-hydrogen) atoms. The van der Waals surface area contributed by atoms with Crippen molar-refractivity contribution in [1.29, 1.82) is 0 Å². The molecule has 10 aromatic rings. The van der Waals surface area contributed by atoms with E-state index in [1.54, 1.807) is 6.07 Å². The molecule has 5 aromatic carbocycles. The van der Waals surface area contributed by atoms with Crippen molar-refractivity contribution in [3.05, 3.63) is 264 Å². The van der Waals surface area contributed by atoms with E-state index in [4.69, 9.17) is 4.11 Å². The molecule has 0 aliphatic heterocycles. The van der Waals surface area contributed by atoms with Crippen LogP contribution in [0.15, 0.2) is 152 Å². The Bertz CT molecular complexity index is 4040. The van der Waals surface area contributed by atoms with E-state index >= 15 is 0 Å². The lowest BCUT2D eigenvalue weighted by Crippen LogP contribution is -2.35. The van der Waals surface area contributed by atoms with Crippen molar-refractivity contribution in [2.75, 3.05) is 0 Å². The van der Waals surface area contributed by atoms with Crippen LogP contribution in [0.3, 0.4) is 0 Å². The highest BCUT2D eigenvalue weighted by Gasteiger charge is 2.23. The van der Waals surface area contributed by atoms with E-state index in [0.717, 1.165) is 22.5 Å². The third-order valence-electron chi connectivity index (χ3n) is 17.4. The first-order chi connectivity index (χ1) is 41.3. The maximum Gasteiger partial charge on any atom is 0.215 e. The maximum atomic E-state index is 7.64. The molecule has 0 radical (unpaired) electrons. The summed E-state index contributed by atoms with van der Waals surface area (Å²) in [6, 6.07) is 53.5. The van der Waals surface area contributed by atoms with Crippen molar-refractivity contribution < 1.29 is 26.9 Å². The Labute approximate surface area is 517 Å². The SMILES string of the molecule is Cc1cc(C)[n+](C)c(-c2cccc(C)c2C)c1.Cc1ccc(C)c(-c2c(C)ccc(C)[n+]2C)c1.Cc1cccc(C)c1-c1c(C)ccc(C)[n+]1C.Cc1cccc(C)c1-c1c(C)ccc(C)[n+]1C.[2H]C([2H])([2H])c1cccc(-c2cc(C)cc(C)[n+]2C)c1C. The Balaban J connectivity index is 0.000000176. The number of pyridine rings is 5. The average Bonchev–Trinajstić information content (AvgIpc) is 1.14. The molecule has 0 amide bonds. The van der Waals surface area contributed by atoms with Gasteiger partial charge in [0.15, 0.2) is 28.5 Å². The molecular weight excluding hydrogens is 1030 g/mol. The van der Waals surface area contributed by atoms with E-state index < -0.39 is 6.85 Å². The van der Waals surface area contributed by atoms with Gasteiger partial charge in [0.05, 0.1) is 11.1 Å². The molecule has 10 rings (SSSR count). The summed E-state index contributed by atoms with van der Waals surface area (Å²) in [6.45, 7) is 38.6. The van der Waals surface area contributed by atoms with Gasteiger partial charge in [0.25, 0.3) is 0 Å². The van der Waals surface area contributed by atoms with E-state index in [0.29, 0.717) is 5.56 Å². The summed E-state index contributed by atoms with van der Waals surface area (Å²) in [5, 5.41) is 0. The molecule has 0 aliphatic carbocycles. The van der Waals surface area contributed by atoms with Crippen LogP contribution in [-0.2, 0) is 35.2 Å². The van der Waals surface area contributed by atoms with Gasteiger partial charge in [0.1, 0.15) is 35.2 Å². The smallest absolute Gasteiger partial charge is 0.199 e. The topological polar surface area (TPSA) is 19.4 Å². The minimum absolute atomic E-state index is 0.425. The molecule has 0 fully saturated rings. The van der Waals surface area contributed by atoms with Crippen LogP contribution in [0.25, 0.3) is 56.3 Å². The van der Waals surface area contributed by atoms with Crippen molar-refractivity contribution in [2.24, 2.45) is 35.2 Å². The summed E-state index contributed by atoms with van der Waals surface area (Å²) in [4.78, 5) is 0. The lowest BCUT2D eigenvalue weighted by atomic mass is 9.96. The Hall–Kier alpha value is -8.15. The summed E-state index contributed by atoms with van der Waals surface area (Å²) in [5.74, 6) is 0. The van der Waals surface area contributed by atoms with Crippen LogP contribution >= 0.6 is 0 Å². The van der Waals surface area contributed by atoms with Gasteiger partial charge in [0, 0.05) is 115 Å². The van der Waals surface area contributed by atoms with Crippen LogP contribution in [0.4, 0.5) is 0 Å². The van der Waals surface area contributed by atoms with Crippen LogP contribution in [0.2, 0.25) is 0 Å². The van der Waals surface area contributed by atoms with Gasteiger partial charge in [0.2, 0.25) is 28.5 Å². The van der Waals surface area contributed by atoms with Crippen molar-refractivity contribution in [3.8, 4) is 56.3 Å². The van der Waals surface area contributed by atoms with E-state index in [2.05, 4.69) is 309 Å². The molecule has 0 unspecified atom stereocenters. The minimum atomic E-state index is -2.07. The summed E-state index contributed by atoms with van der Waals surface area (Å²) in [5.41, 5.74) is 37.5. The number of aryl methyl sites for hydroxylation is 18. The lowest BCUT2D eigenvalue weighted by molar-refractivity contribution is -0.667. The van der Waals surface area contributed by atoms with E-state index in [1.165, 1.54) is 140 Å². The predicted molar refractivity (Wildman–Crippen MR) is 360 cm³/mol. The largest absolute Gasteiger partial charge is 0.215 e. The second-order valence-corrected chi connectivity index (χ2v) is 24.0. The second kappa shape index (κ2) is 28.6. The van der Waals surface area contributed by atoms with Crippen molar-refractivity contribution >= 4 is 0 Å². The minimum Gasteiger partial charge on any atom is -0.199 e. The molecule has 0 atom stereocenters. The average molecular weight is 1130 g/mol. The molecule has 5 aromatic heterocycles. The third-order valence-corrected chi connectivity index (χ3v) is 17.4. The summed E-state index contributed by atoms with van der Waals surface area (Å²) < 4.78 is 34.1. The fourth-order valence-corrected chi connectivity index (χ4v) is 11.5. The van der Waals surface area contributed by atoms with Crippen LogP contribution in [0.5, 0.6) is 0 Å². The lowest BCUT2D eigenvalue weighted by Gasteiger charge is -2.11. The highest BCUT2D eigenvalue weighted by molar-refractivity contribution is 5.70. The summed E-state index contributed by atoms with van der Waals surface area (Å²) in [7, 11) is 10.6. The molecule has 5 heteroatoms. The molecule has 440 valence electrons. The normalized spacial score (nSPS) is 11.3. The van der Waals surface area contributed by atoms with Crippen molar-refractivity contribution in [2.45, 2.75) is 138 Å². The van der Waals surface area contributed by atoms with Crippen LogP contribution in [-0.4, -0.2) is 0 Å². The molecule has 5 heterocycles. The third kappa shape index (κ3) is 15.4. The van der Waals surface area contributed by atoms with E-state index in [-0.39, 0.29) is 0 Å². The zero-order valence-electron chi connectivity index (χ0n) is 59.2. The molecule has 0 spiro atoms. The van der Waals surface area contributed by atoms with Crippen LogP contribution in [0, 0.1) is 138 Å². The first-order valence-electron chi connectivity index (χ1n) is 31.5. The van der Waals surface area contributed by atoms with Gasteiger partial charge in [-0.15, -0.1) is 0 Å². The van der Waals surface area contributed by atoms with E-state index in [1.807, 2.05) is 26.1 Å². The van der Waals surface area contributed by atoms with Gasteiger partial charge < -0.3 is 0 Å². The number of nitrogens with zero attached hydrogens (tertiary/aromatic N) is 5. The Morgan fingerprint density at radius 2 is 0.576 bits per heavy atom. The highest BCUT2D eigenvalue weighted by Crippen LogP contribution is 2.30. The van der Waals surface area contributed by atoms with Gasteiger partial charge in [-0.05, 0) is 201 Å². The maximum absolute atomic E-state index is 7.64. The van der Waals surface area contributed by atoms with Crippen molar-refractivity contribution in [3.63, 3.8) is 0 Å². The molecule has 0 saturated carbocycles. The zero-order valence-corrected chi connectivity index (χ0v) is 56.2. The molecule has 0 bridgehead atoms. The molecule has 0 saturated heterocycles. The monoisotopic (exact) mass is 1130 g/mol. The number of aromatic nitrogens is 5. The highest BCUT2D eigenvalue weighted by atomic mass is 15.0. The van der Waals surface area contributed by atoms with Crippen LogP contribution in [0.1, 0.15) is 116 Å². The van der Waals surface area contributed by atoms with Gasteiger partial charge in [-0.1, -0.05) is 78.4 Å². The number of benzene rings is 5.